The number of carbonyl (C=O) groups is 1. The number of carbonyl (C=O) groups excluding carboxylic acids is 1. The van der Waals surface area contributed by atoms with Gasteiger partial charge in [0.1, 0.15) is 5.37 Å². The molecule has 0 saturated carbocycles. The second kappa shape index (κ2) is 6.05. The number of urea groups is 1. The molecule has 0 spiro atoms. The molecule has 0 aromatic carbocycles. The fraction of sp³-hybridized carbons (Fsp3) is 0.889. The van der Waals surface area contributed by atoms with E-state index in [1.807, 2.05) is 0 Å². The monoisotopic (exact) mass is 249 g/mol. The smallest absolute Gasteiger partial charge is 0.315 e. The lowest BCUT2D eigenvalue weighted by Crippen LogP contribution is -2.48. The molecule has 4 N–H and O–H groups in total. The van der Waals surface area contributed by atoms with Gasteiger partial charge in [-0.3, -0.25) is 0 Å². The van der Waals surface area contributed by atoms with Crippen molar-refractivity contribution in [1.82, 2.24) is 10.6 Å². The predicted molar refractivity (Wildman–Crippen MR) is 61.6 cm³/mol. The minimum absolute atomic E-state index is 0.167. The van der Waals surface area contributed by atoms with Crippen LogP contribution in [0.4, 0.5) is 4.79 Å². The van der Waals surface area contributed by atoms with Crippen LogP contribution in [0.1, 0.15) is 25.7 Å². The standard InChI is InChI=1S/C9H19N3O3S/c10-5-3-6-11-9(13)12-8-4-1-2-7-16(8,14)15/h8H,1-7,10H2,(H2,11,12,13). The molecule has 1 fully saturated rings. The molecule has 2 amide bonds. The van der Waals surface area contributed by atoms with E-state index in [0.29, 0.717) is 32.4 Å². The Balaban J connectivity index is 2.37. The van der Waals surface area contributed by atoms with Gasteiger partial charge in [-0.2, -0.15) is 0 Å². The van der Waals surface area contributed by atoms with Gasteiger partial charge in [0.2, 0.25) is 0 Å². The fourth-order valence-corrected chi connectivity index (χ4v) is 3.32. The first-order chi connectivity index (χ1) is 7.56. The Kier molecular flexibility index (Phi) is 5.01. The summed E-state index contributed by atoms with van der Waals surface area (Å²) in [5.41, 5.74) is 5.27. The Bertz CT molecular complexity index is 329. The molecule has 0 aromatic rings. The fourth-order valence-electron chi connectivity index (χ4n) is 1.62. The predicted octanol–water partition coefficient (Wildman–Crippen LogP) is -0.441. The average Bonchev–Trinajstić information content (AvgIpc) is 2.21. The normalized spacial score (nSPS) is 23.7. The summed E-state index contributed by atoms with van der Waals surface area (Å²) in [6, 6.07) is -0.427. The van der Waals surface area contributed by atoms with Crippen LogP contribution < -0.4 is 16.4 Å². The molecule has 1 heterocycles. The van der Waals surface area contributed by atoms with E-state index in [2.05, 4.69) is 10.6 Å². The molecule has 0 aliphatic carbocycles. The van der Waals surface area contributed by atoms with Crippen LogP contribution in [0.15, 0.2) is 0 Å². The third-order valence-corrected chi connectivity index (χ3v) is 4.62. The lowest BCUT2D eigenvalue weighted by Gasteiger charge is -2.23. The van der Waals surface area contributed by atoms with Gasteiger partial charge < -0.3 is 16.4 Å². The van der Waals surface area contributed by atoms with Crippen molar-refractivity contribution in [3.05, 3.63) is 0 Å². The topological polar surface area (TPSA) is 101 Å². The van der Waals surface area contributed by atoms with Gasteiger partial charge in [0.15, 0.2) is 9.84 Å². The first-order valence-corrected chi connectivity index (χ1v) is 7.24. The number of nitrogens with one attached hydrogen (secondary N) is 2. The molecule has 94 valence electrons. The number of rotatable bonds is 4. The summed E-state index contributed by atoms with van der Waals surface area (Å²) < 4.78 is 23.2. The van der Waals surface area contributed by atoms with Crippen molar-refractivity contribution >= 4 is 15.9 Å². The van der Waals surface area contributed by atoms with E-state index >= 15 is 0 Å². The van der Waals surface area contributed by atoms with Crippen LogP contribution in [-0.4, -0.2) is 38.7 Å². The van der Waals surface area contributed by atoms with E-state index in [1.165, 1.54) is 0 Å². The molecule has 0 radical (unpaired) electrons. The lowest BCUT2D eigenvalue weighted by atomic mass is 10.2. The molecule has 1 saturated heterocycles. The number of hydrogen-bond donors (Lipinski definition) is 3. The molecule has 0 aromatic heterocycles. The van der Waals surface area contributed by atoms with Gasteiger partial charge in [-0.25, -0.2) is 13.2 Å². The molecule has 0 bridgehead atoms. The zero-order valence-electron chi connectivity index (χ0n) is 9.24. The molecule has 1 aliphatic heterocycles. The summed E-state index contributed by atoms with van der Waals surface area (Å²) in [6.07, 6.45) is 2.72. The second-order valence-electron chi connectivity index (χ2n) is 3.89. The van der Waals surface area contributed by atoms with Crippen LogP contribution in [0.3, 0.4) is 0 Å². The zero-order valence-corrected chi connectivity index (χ0v) is 10.1. The Labute approximate surface area is 95.9 Å². The minimum atomic E-state index is -3.15. The maximum absolute atomic E-state index is 11.6. The number of amides is 2. The van der Waals surface area contributed by atoms with Gasteiger partial charge in [-0.05, 0) is 32.2 Å². The van der Waals surface area contributed by atoms with Crippen LogP contribution in [0.5, 0.6) is 0 Å². The van der Waals surface area contributed by atoms with E-state index in [0.717, 1.165) is 6.42 Å². The maximum atomic E-state index is 11.6. The molecule has 7 heteroatoms. The van der Waals surface area contributed by atoms with Crippen molar-refractivity contribution in [1.29, 1.82) is 0 Å². The van der Waals surface area contributed by atoms with Gasteiger partial charge in [0, 0.05) is 6.54 Å². The Morgan fingerprint density at radius 2 is 2.12 bits per heavy atom. The largest absolute Gasteiger partial charge is 0.338 e. The SMILES string of the molecule is NCCCNC(=O)NC1CCCCS1(=O)=O. The van der Waals surface area contributed by atoms with Crippen molar-refractivity contribution in [3.8, 4) is 0 Å². The Morgan fingerprint density at radius 3 is 2.75 bits per heavy atom. The van der Waals surface area contributed by atoms with Crippen molar-refractivity contribution in [2.75, 3.05) is 18.8 Å². The molecular formula is C9H19N3O3S. The minimum Gasteiger partial charge on any atom is -0.338 e. The highest BCUT2D eigenvalue weighted by Crippen LogP contribution is 2.16. The Morgan fingerprint density at radius 1 is 1.38 bits per heavy atom. The summed E-state index contributed by atoms with van der Waals surface area (Å²) in [6.45, 7) is 0.969. The van der Waals surface area contributed by atoms with Gasteiger partial charge in [0.05, 0.1) is 5.75 Å². The quantitative estimate of drug-likeness (QED) is 0.588. The van der Waals surface area contributed by atoms with Gasteiger partial charge in [-0.15, -0.1) is 0 Å². The van der Waals surface area contributed by atoms with E-state index in [1.54, 1.807) is 0 Å². The van der Waals surface area contributed by atoms with Crippen LogP contribution in [0.2, 0.25) is 0 Å². The van der Waals surface area contributed by atoms with Crippen LogP contribution in [0, 0.1) is 0 Å². The molecule has 1 aliphatic rings. The zero-order chi connectivity index (χ0) is 12.0. The average molecular weight is 249 g/mol. The van der Waals surface area contributed by atoms with Crippen molar-refractivity contribution < 1.29 is 13.2 Å². The second-order valence-corrected chi connectivity index (χ2v) is 6.20. The highest BCUT2D eigenvalue weighted by Gasteiger charge is 2.29. The number of hydrogen-bond acceptors (Lipinski definition) is 4. The van der Waals surface area contributed by atoms with E-state index < -0.39 is 21.2 Å². The maximum Gasteiger partial charge on any atom is 0.315 e. The van der Waals surface area contributed by atoms with E-state index in [4.69, 9.17) is 5.73 Å². The highest BCUT2D eigenvalue weighted by atomic mass is 32.2. The van der Waals surface area contributed by atoms with Gasteiger partial charge in [-0.1, -0.05) is 0 Å². The third kappa shape index (κ3) is 3.97. The first-order valence-electron chi connectivity index (χ1n) is 5.52. The van der Waals surface area contributed by atoms with Crippen molar-refractivity contribution in [3.63, 3.8) is 0 Å². The van der Waals surface area contributed by atoms with Gasteiger partial charge >= 0.3 is 6.03 Å². The number of sulfone groups is 1. The van der Waals surface area contributed by atoms with Crippen molar-refractivity contribution in [2.24, 2.45) is 5.73 Å². The summed E-state index contributed by atoms with van der Waals surface area (Å²) >= 11 is 0. The van der Waals surface area contributed by atoms with Crippen molar-refractivity contribution in [2.45, 2.75) is 31.1 Å². The van der Waals surface area contributed by atoms with E-state index in [-0.39, 0.29) is 5.75 Å². The Hall–Kier alpha value is -0.820. The molecule has 1 rings (SSSR count). The molecule has 1 atom stereocenters. The highest BCUT2D eigenvalue weighted by molar-refractivity contribution is 7.92. The molecule has 6 nitrogen and oxygen atoms in total. The molecule has 16 heavy (non-hydrogen) atoms. The first kappa shape index (κ1) is 13.2. The lowest BCUT2D eigenvalue weighted by molar-refractivity contribution is 0.239. The summed E-state index contributed by atoms with van der Waals surface area (Å²) in [7, 11) is -3.15. The van der Waals surface area contributed by atoms with Crippen LogP contribution in [-0.2, 0) is 9.84 Å². The summed E-state index contributed by atoms with van der Waals surface area (Å²) in [5, 5.41) is 4.34. The molecular weight excluding hydrogens is 230 g/mol. The van der Waals surface area contributed by atoms with Crippen LogP contribution >= 0.6 is 0 Å². The van der Waals surface area contributed by atoms with E-state index in [9.17, 15) is 13.2 Å². The summed E-state index contributed by atoms with van der Waals surface area (Å²) in [5.74, 6) is 0.167. The number of nitrogens with two attached hydrogens (primary N) is 1. The van der Waals surface area contributed by atoms with Crippen LogP contribution in [0.25, 0.3) is 0 Å². The van der Waals surface area contributed by atoms with Gasteiger partial charge in [0.25, 0.3) is 0 Å². The third-order valence-electron chi connectivity index (χ3n) is 2.54. The molecule has 1 unspecified atom stereocenters. The summed E-state index contributed by atoms with van der Waals surface area (Å²) in [4.78, 5) is 11.3.